The van der Waals surface area contributed by atoms with Gasteiger partial charge in [0.2, 0.25) is 0 Å². The second kappa shape index (κ2) is 8.28. The maximum Gasteiger partial charge on any atom is 0.337 e. The third kappa shape index (κ3) is 4.59. The van der Waals surface area contributed by atoms with Crippen LogP contribution >= 0.6 is 11.6 Å². The minimum absolute atomic E-state index is 0.0190. The molecule has 9 nitrogen and oxygen atoms in total. The molecular formula is C17H13ClN2O7. The van der Waals surface area contributed by atoms with E-state index in [2.05, 4.69) is 14.8 Å². The zero-order chi connectivity index (χ0) is 20.1. The summed E-state index contributed by atoms with van der Waals surface area (Å²) in [5, 5.41) is 13.1. The van der Waals surface area contributed by atoms with Crippen LogP contribution in [0, 0.1) is 10.1 Å². The third-order valence-corrected chi connectivity index (χ3v) is 3.75. The van der Waals surface area contributed by atoms with Crippen molar-refractivity contribution in [2.24, 2.45) is 0 Å². The van der Waals surface area contributed by atoms with Gasteiger partial charge in [0.25, 0.3) is 11.6 Å². The van der Waals surface area contributed by atoms with Crippen LogP contribution in [0.3, 0.4) is 0 Å². The van der Waals surface area contributed by atoms with Gasteiger partial charge in [-0.05, 0) is 24.3 Å². The lowest BCUT2D eigenvalue weighted by molar-refractivity contribution is -0.384. The monoisotopic (exact) mass is 392 g/mol. The summed E-state index contributed by atoms with van der Waals surface area (Å²) in [6.45, 7) is 0. The summed E-state index contributed by atoms with van der Waals surface area (Å²) in [5.41, 5.74) is -0.142. The molecule has 0 saturated carbocycles. The van der Waals surface area contributed by atoms with Crippen LogP contribution in [0.25, 0.3) is 0 Å². The molecule has 0 bridgehead atoms. The molecule has 0 aromatic heterocycles. The summed E-state index contributed by atoms with van der Waals surface area (Å²) in [6.07, 6.45) is 0. The Labute approximate surface area is 158 Å². The fraction of sp³-hybridized carbons (Fsp3) is 0.118. The lowest BCUT2D eigenvalue weighted by atomic mass is 10.1. The molecule has 1 amide bonds. The molecule has 10 heteroatoms. The molecule has 0 radical (unpaired) electrons. The van der Waals surface area contributed by atoms with Crippen molar-refractivity contribution in [1.82, 2.24) is 0 Å². The number of carbonyl (C=O) groups is 3. The maximum absolute atomic E-state index is 12.4. The molecule has 0 spiro atoms. The highest BCUT2D eigenvalue weighted by Crippen LogP contribution is 2.24. The van der Waals surface area contributed by atoms with E-state index in [0.717, 1.165) is 12.1 Å². The molecule has 0 unspecified atom stereocenters. The maximum atomic E-state index is 12.4. The van der Waals surface area contributed by atoms with Crippen molar-refractivity contribution in [3.63, 3.8) is 0 Å². The molecule has 0 saturated heterocycles. The molecule has 0 atom stereocenters. The summed E-state index contributed by atoms with van der Waals surface area (Å²) >= 11 is 5.93. The van der Waals surface area contributed by atoms with E-state index in [9.17, 15) is 24.5 Å². The van der Waals surface area contributed by atoms with E-state index in [1.54, 1.807) is 0 Å². The molecule has 0 aliphatic carbocycles. The van der Waals surface area contributed by atoms with Gasteiger partial charge in [-0.2, -0.15) is 0 Å². The van der Waals surface area contributed by atoms with Gasteiger partial charge >= 0.3 is 11.9 Å². The van der Waals surface area contributed by atoms with Crippen molar-refractivity contribution >= 4 is 40.8 Å². The highest BCUT2D eigenvalue weighted by molar-refractivity contribution is 6.34. The predicted molar refractivity (Wildman–Crippen MR) is 95.2 cm³/mol. The number of amides is 1. The number of hydrogen-bond acceptors (Lipinski definition) is 7. The summed E-state index contributed by atoms with van der Waals surface area (Å²) in [6, 6.07) is 7.23. The average Bonchev–Trinajstić information content (AvgIpc) is 2.65. The Kier molecular flexibility index (Phi) is 6.09. The molecule has 1 N–H and O–H groups in total. The van der Waals surface area contributed by atoms with Gasteiger partial charge in [-0.3, -0.25) is 14.9 Å². The van der Waals surface area contributed by atoms with Crippen LogP contribution in [-0.2, 0) is 9.47 Å². The van der Waals surface area contributed by atoms with Crippen LogP contribution in [-0.4, -0.2) is 37.0 Å². The summed E-state index contributed by atoms with van der Waals surface area (Å²) < 4.78 is 9.23. The summed E-state index contributed by atoms with van der Waals surface area (Å²) in [7, 11) is 2.34. The SMILES string of the molecule is COC(=O)c1cc(NC(=O)c2ccc([N+](=O)[O-])cc2Cl)cc(C(=O)OC)c1. The fourth-order valence-corrected chi connectivity index (χ4v) is 2.43. The number of carbonyl (C=O) groups excluding carboxylic acids is 3. The number of nitrogens with one attached hydrogen (secondary N) is 1. The predicted octanol–water partition coefficient (Wildman–Crippen LogP) is 3.07. The van der Waals surface area contributed by atoms with Crippen LogP contribution in [0.2, 0.25) is 5.02 Å². The van der Waals surface area contributed by atoms with Gasteiger partial charge in [0.1, 0.15) is 0 Å². The number of ether oxygens (including phenoxy) is 2. The topological polar surface area (TPSA) is 125 Å². The largest absolute Gasteiger partial charge is 0.465 e. The van der Waals surface area contributed by atoms with Crippen molar-refractivity contribution in [3.05, 3.63) is 68.2 Å². The molecule has 2 aromatic rings. The Morgan fingerprint density at radius 2 is 1.56 bits per heavy atom. The zero-order valence-corrected chi connectivity index (χ0v) is 14.9. The lowest BCUT2D eigenvalue weighted by Crippen LogP contribution is -2.15. The van der Waals surface area contributed by atoms with Gasteiger partial charge in [0.05, 0.1) is 40.9 Å². The van der Waals surface area contributed by atoms with Crippen molar-refractivity contribution in [2.75, 3.05) is 19.5 Å². The van der Waals surface area contributed by atoms with E-state index < -0.39 is 22.8 Å². The number of esters is 2. The minimum atomic E-state index is -0.718. The molecule has 0 fully saturated rings. The van der Waals surface area contributed by atoms with E-state index in [-0.39, 0.29) is 33.1 Å². The quantitative estimate of drug-likeness (QED) is 0.470. The van der Waals surface area contributed by atoms with Crippen molar-refractivity contribution < 1.29 is 28.8 Å². The van der Waals surface area contributed by atoms with Crippen LogP contribution < -0.4 is 5.32 Å². The molecule has 2 rings (SSSR count). The smallest absolute Gasteiger partial charge is 0.337 e. The lowest BCUT2D eigenvalue weighted by Gasteiger charge is -2.10. The summed E-state index contributed by atoms with van der Waals surface area (Å²) in [5.74, 6) is -2.12. The van der Waals surface area contributed by atoms with Crippen LogP contribution in [0.1, 0.15) is 31.1 Å². The number of anilines is 1. The number of halogens is 1. The first-order chi connectivity index (χ1) is 12.8. The van der Waals surface area contributed by atoms with Crippen molar-refractivity contribution in [3.8, 4) is 0 Å². The van der Waals surface area contributed by atoms with Gasteiger partial charge in [0, 0.05) is 17.8 Å². The first-order valence-corrected chi connectivity index (χ1v) is 7.71. The molecule has 27 heavy (non-hydrogen) atoms. The van der Waals surface area contributed by atoms with E-state index in [1.165, 1.54) is 38.5 Å². The number of non-ortho nitro benzene ring substituents is 1. The van der Waals surface area contributed by atoms with Gasteiger partial charge in [-0.15, -0.1) is 0 Å². The Morgan fingerprint density at radius 1 is 1.00 bits per heavy atom. The number of nitro benzene ring substituents is 1. The Morgan fingerprint density at radius 3 is 2.00 bits per heavy atom. The number of nitro groups is 1. The van der Waals surface area contributed by atoms with Crippen LogP contribution in [0.15, 0.2) is 36.4 Å². The van der Waals surface area contributed by atoms with E-state index in [0.29, 0.717) is 0 Å². The minimum Gasteiger partial charge on any atom is -0.465 e. The Bertz CT molecular complexity index is 909. The zero-order valence-electron chi connectivity index (χ0n) is 14.1. The normalized spacial score (nSPS) is 10.0. The number of methoxy groups -OCH3 is 2. The molecule has 0 aliphatic rings. The van der Waals surface area contributed by atoms with E-state index in [1.807, 2.05) is 0 Å². The highest BCUT2D eigenvalue weighted by Gasteiger charge is 2.18. The van der Waals surface area contributed by atoms with Crippen molar-refractivity contribution in [2.45, 2.75) is 0 Å². The molecule has 0 heterocycles. The average molecular weight is 393 g/mol. The highest BCUT2D eigenvalue weighted by atomic mass is 35.5. The van der Waals surface area contributed by atoms with Gasteiger partial charge in [-0.25, -0.2) is 9.59 Å². The standard InChI is InChI=1S/C17H13ClN2O7/c1-26-16(22)9-5-10(17(23)27-2)7-11(6-9)19-15(21)13-4-3-12(20(24)25)8-14(13)18/h3-8H,1-2H3,(H,19,21). The second-order valence-electron chi connectivity index (χ2n) is 5.16. The fourth-order valence-electron chi connectivity index (χ4n) is 2.17. The van der Waals surface area contributed by atoms with Crippen LogP contribution in [0.5, 0.6) is 0 Å². The first-order valence-electron chi connectivity index (χ1n) is 7.33. The molecule has 0 aliphatic heterocycles. The van der Waals surface area contributed by atoms with E-state index >= 15 is 0 Å². The second-order valence-corrected chi connectivity index (χ2v) is 5.56. The molecule has 140 valence electrons. The summed E-state index contributed by atoms with van der Waals surface area (Å²) in [4.78, 5) is 46.1. The van der Waals surface area contributed by atoms with Crippen molar-refractivity contribution in [1.29, 1.82) is 0 Å². The third-order valence-electron chi connectivity index (χ3n) is 3.44. The number of benzene rings is 2. The van der Waals surface area contributed by atoms with Gasteiger partial charge < -0.3 is 14.8 Å². The Balaban J connectivity index is 2.38. The number of nitrogens with zero attached hydrogens (tertiary/aromatic N) is 1. The number of hydrogen-bond donors (Lipinski definition) is 1. The first kappa shape index (κ1) is 19.9. The van der Waals surface area contributed by atoms with Crippen LogP contribution in [0.4, 0.5) is 11.4 Å². The van der Waals surface area contributed by atoms with Gasteiger partial charge in [0.15, 0.2) is 0 Å². The van der Waals surface area contributed by atoms with Gasteiger partial charge in [-0.1, -0.05) is 11.6 Å². The van der Waals surface area contributed by atoms with E-state index in [4.69, 9.17) is 11.6 Å². The number of rotatable bonds is 5. The molecular weight excluding hydrogens is 380 g/mol. The Hall–Kier alpha value is -3.46. The molecule has 2 aromatic carbocycles.